The van der Waals surface area contributed by atoms with Gasteiger partial charge in [-0.05, 0) is 13.3 Å². The first-order valence-corrected chi connectivity index (χ1v) is 5.92. The van der Waals surface area contributed by atoms with Gasteiger partial charge in [0.2, 0.25) is 11.8 Å². The molecule has 1 amide bonds. The summed E-state index contributed by atoms with van der Waals surface area (Å²) in [4.78, 5) is 19.2. The van der Waals surface area contributed by atoms with Crippen LogP contribution in [0.5, 0.6) is 5.88 Å². The number of nitrogens with zero attached hydrogens (tertiary/aromatic N) is 2. The molecule has 1 aromatic rings. The number of aromatic nitrogens is 2. The lowest BCUT2D eigenvalue weighted by atomic mass is 10.4. The minimum Gasteiger partial charge on any atom is -0.476 e. The number of hydrogen-bond donors (Lipinski definition) is 3. The molecular formula is C11H19N5O2. The Morgan fingerprint density at radius 2 is 2.22 bits per heavy atom. The van der Waals surface area contributed by atoms with Gasteiger partial charge in [0.15, 0.2) is 5.82 Å². The number of amides is 1. The summed E-state index contributed by atoms with van der Waals surface area (Å²) in [6, 6.07) is 0. The summed E-state index contributed by atoms with van der Waals surface area (Å²) in [7, 11) is 0. The van der Waals surface area contributed by atoms with E-state index in [4.69, 9.17) is 10.5 Å². The highest BCUT2D eigenvalue weighted by Crippen LogP contribution is 2.24. The Morgan fingerprint density at radius 3 is 2.89 bits per heavy atom. The molecule has 0 saturated heterocycles. The van der Waals surface area contributed by atoms with Crippen LogP contribution in [0.1, 0.15) is 20.3 Å². The molecule has 0 spiro atoms. The van der Waals surface area contributed by atoms with Crippen LogP contribution in [0.15, 0.2) is 6.33 Å². The van der Waals surface area contributed by atoms with Crippen LogP contribution in [0.25, 0.3) is 0 Å². The third-order valence-electron chi connectivity index (χ3n) is 2.08. The molecule has 0 fully saturated rings. The summed E-state index contributed by atoms with van der Waals surface area (Å²) in [5.74, 6) is 0.624. The minimum absolute atomic E-state index is 0.113. The van der Waals surface area contributed by atoms with Gasteiger partial charge in [0.25, 0.3) is 0 Å². The third-order valence-corrected chi connectivity index (χ3v) is 2.08. The Balaban J connectivity index is 2.62. The normalized spacial score (nSPS) is 9.89. The van der Waals surface area contributed by atoms with Gasteiger partial charge in [-0.15, -0.1) is 0 Å². The van der Waals surface area contributed by atoms with Crippen LogP contribution in [0, 0.1) is 0 Å². The Morgan fingerprint density at radius 1 is 1.44 bits per heavy atom. The second-order valence-corrected chi connectivity index (χ2v) is 3.60. The molecule has 0 aliphatic heterocycles. The molecule has 0 radical (unpaired) electrons. The fourth-order valence-electron chi connectivity index (χ4n) is 1.26. The molecule has 1 heterocycles. The zero-order valence-corrected chi connectivity index (χ0v) is 10.7. The number of ether oxygens (including phenoxy) is 1. The first-order valence-electron chi connectivity index (χ1n) is 5.92. The smallest absolute Gasteiger partial charge is 0.242 e. The molecule has 7 nitrogen and oxygen atoms in total. The number of anilines is 2. The molecule has 0 aromatic carbocycles. The highest BCUT2D eigenvalue weighted by Gasteiger charge is 2.09. The zero-order valence-electron chi connectivity index (χ0n) is 10.7. The van der Waals surface area contributed by atoms with Crippen molar-refractivity contribution in [2.45, 2.75) is 20.3 Å². The molecule has 100 valence electrons. The van der Waals surface area contributed by atoms with Crippen molar-refractivity contribution in [1.29, 1.82) is 0 Å². The van der Waals surface area contributed by atoms with Crippen LogP contribution in [0.3, 0.4) is 0 Å². The molecule has 0 atom stereocenters. The summed E-state index contributed by atoms with van der Waals surface area (Å²) < 4.78 is 5.36. The van der Waals surface area contributed by atoms with E-state index in [1.165, 1.54) is 6.33 Å². The molecule has 4 N–H and O–H groups in total. The van der Waals surface area contributed by atoms with E-state index in [0.29, 0.717) is 30.5 Å². The number of nitrogens with two attached hydrogens (primary N) is 1. The quantitative estimate of drug-likeness (QED) is 0.650. The lowest BCUT2D eigenvalue weighted by Crippen LogP contribution is -2.29. The number of likely N-dealkylation sites (N-methyl/N-ethyl adjacent to an activating group) is 1. The van der Waals surface area contributed by atoms with Crippen LogP contribution in [-0.4, -0.2) is 35.6 Å². The van der Waals surface area contributed by atoms with Crippen molar-refractivity contribution in [1.82, 2.24) is 15.3 Å². The fraction of sp³-hybridized carbons (Fsp3) is 0.545. The van der Waals surface area contributed by atoms with Crippen LogP contribution >= 0.6 is 0 Å². The Bertz CT molecular complexity index is 397. The average molecular weight is 253 g/mol. The molecule has 1 aromatic heterocycles. The van der Waals surface area contributed by atoms with Gasteiger partial charge in [0.05, 0.1) is 13.2 Å². The Labute approximate surface area is 106 Å². The number of rotatable bonds is 7. The fourth-order valence-corrected chi connectivity index (χ4v) is 1.26. The maximum atomic E-state index is 11.3. The average Bonchev–Trinajstić information content (AvgIpc) is 2.36. The molecule has 7 heteroatoms. The van der Waals surface area contributed by atoms with E-state index in [9.17, 15) is 4.79 Å². The number of carbonyl (C=O) groups excluding carboxylic acids is 1. The minimum atomic E-state index is -0.119. The van der Waals surface area contributed by atoms with Gasteiger partial charge in [-0.1, -0.05) is 6.92 Å². The number of hydrogen-bond acceptors (Lipinski definition) is 6. The summed E-state index contributed by atoms with van der Waals surface area (Å²) in [5, 5.41) is 5.51. The topological polar surface area (TPSA) is 102 Å². The van der Waals surface area contributed by atoms with Gasteiger partial charge >= 0.3 is 0 Å². The van der Waals surface area contributed by atoms with Gasteiger partial charge in [0.1, 0.15) is 12.0 Å². The standard InChI is InChI=1S/C11H19N5O2/c1-3-5-18-11-9(12)10(15-7-16-11)14-6-8(17)13-4-2/h7H,3-6,12H2,1-2H3,(H,13,17)(H,14,15,16). The van der Waals surface area contributed by atoms with E-state index in [0.717, 1.165) is 6.42 Å². The van der Waals surface area contributed by atoms with E-state index in [1.807, 2.05) is 13.8 Å². The van der Waals surface area contributed by atoms with E-state index in [-0.39, 0.29) is 12.5 Å². The third kappa shape index (κ3) is 4.08. The van der Waals surface area contributed by atoms with Gasteiger partial charge < -0.3 is 21.1 Å². The van der Waals surface area contributed by atoms with Crippen molar-refractivity contribution in [3.05, 3.63) is 6.33 Å². The first-order chi connectivity index (χ1) is 8.69. The maximum absolute atomic E-state index is 11.3. The highest BCUT2D eigenvalue weighted by molar-refractivity contribution is 5.81. The van der Waals surface area contributed by atoms with Crippen molar-refractivity contribution in [3.63, 3.8) is 0 Å². The van der Waals surface area contributed by atoms with Crippen molar-refractivity contribution >= 4 is 17.4 Å². The van der Waals surface area contributed by atoms with Crippen molar-refractivity contribution < 1.29 is 9.53 Å². The van der Waals surface area contributed by atoms with Crippen LogP contribution in [0.2, 0.25) is 0 Å². The Hall–Kier alpha value is -2.05. The molecule has 0 aliphatic carbocycles. The summed E-state index contributed by atoms with van der Waals surface area (Å²) in [5.41, 5.74) is 6.16. The second-order valence-electron chi connectivity index (χ2n) is 3.60. The van der Waals surface area contributed by atoms with E-state index in [2.05, 4.69) is 20.6 Å². The van der Waals surface area contributed by atoms with Crippen molar-refractivity contribution in [2.24, 2.45) is 0 Å². The molecule has 0 saturated carbocycles. The highest BCUT2D eigenvalue weighted by atomic mass is 16.5. The van der Waals surface area contributed by atoms with E-state index >= 15 is 0 Å². The monoisotopic (exact) mass is 253 g/mol. The molecule has 0 unspecified atom stereocenters. The van der Waals surface area contributed by atoms with E-state index in [1.54, 1.807) is 0 Å². The van der Waals surface area contributed by atoms with Crippen molar-refractivity contribution in [2.75, 3.05) is 30.7 Å². The van der Waals surface area contributed by atoms with Crippen LogP contribution < -0.4 is 21.1 Å². The Kier molecular flexibility index (Phi) is 5.69. The summed E-state index contributed by atoms with van der Waals surface area (Å²) >= 11 is 0. The lowest BCUT2D eigenvalue weighted by molar-refractivity contribution is -0.119. The van der Waals surface area contributed by atoms with Gasteiger partial charge in [0, 0.05) is 6.54 Å². The largest absolute Gasteiger partial charge is 0.476 e. The molecular weight excluding hydrogens is 234 g/mol. The predicted molar refractivity (Wildman–Crippen MR) is 69.4 cm³/mol. The van der Waals surface area contributed by atoms with Crippen LogP contribution in [0.4, 0.5) is 11.5 Å². The lowest BCUT2D eigenvalue weighted by Gasteiger charge is -2.11. The summed E-state index contributed by atoms with van der Waals surface area (Å²) in [6.07, 6.45) is 2.21. The van der Waals surface area contributed by atoms with Gasteiger partial charge in [-0.3, -0.25) is 4.79 Å². The number of nitrogens with one attached hydrogen (secondary N) is 2. The SMILES string of the molecule is CCCOc1ncnc(NCC(=O)NCC)c1N. The maximum Gasteiger partial charge on any atom is 0.242 e. The number of carbonyl (C=O) groups is 1. The molecule has 0 bridgehead atoms. The summed E-state index contributed by atoms with van der Waals surface area (Å²) in [6.45, 7) is 5.09. The van der Waals surface area contributed by atoms with Gasteiger partial charge in [-0.2, -0.15) is 4.98 Å². The van der Waals surface area contributed by atoms with Gasteiger partial charge in [-0.25, -0.2) is 4.98 Å². The first kappa shape index (κ1) is 14.0. The zero-order chi connectivity index (χ0) is 13.4. The molecule has 18 heavy (non-hydrogen) atoms. The second kappa shape index (κ2) is 7.31. The molecule has 0 aliphatic rings. The van der Waals surface area contributed by atoms with E-state index < -0.39 is 0 Å². The van der Waals surface area contributed by atoms with Crippen LogP contribution in [-0.2, 0) is 4.79 Å². The predicted octanol–water partition coefficient (Wildman–Crippen LogP) is 0.396. The number of nitrogen functional groups attached to an aromatic ring is 1. The molecule has 1 rings (SSSR count). The van der Waals surface area contributed by atoms with Crippen molar-refractivity contribution in [3.8, 4) is 5.88 Å².